The number of unbranched alkanes of at least 4 members (excludes halogenated alkanes) is 1. The molecule has 4 atom stereocenters. The lowest BCUT2D eigenvalue weighted by Crippen LogP contribution is -2.46. The Kier molecular flexibility index (Phi) is 14.9. The summed E-state index contributed by atoms with van der Waals surface area (Å²) in [6, 6.07) is 0. The maximum absolute atomic E-state index is 14.1. The smallest absolute Gasteiger partial charge is 0.311 e. The SMILES string of the molecule is C=NCCCCC(=O)C(C)(CC(C)C(=O)OC)CC(C)(CC(C)(CC(C)(C)C(=O)OC)C(=O)OC)C1CCCCCC1. The Balaban J connectivity index is 3.67. The fraction of sp³-hybridized carbons (Fsp3) is 0.853. The molecule has 1 fully saturated rings. The van der Waals surface area contributed by atoms with Crippen molar-refractivity contribution in [3.63, 3.8) is 0 Å². The Bertz CT molecular complexity index is 923. The minimum absolute atomic E-state index is 0.122. The van der Waals surface area contributed by atoms with E-state index in [0.29, 0.717) is 38.6 Å². The van der Waals surface area contributed by atoms with E-state index in [4.69, 9.17) is 14.2 Å². The van der Waals surface area contributed by atoms with Gasteiger partial charge < -0.3 is 19.2 Å². The van der Waals surface area contributed by atoms with Crippen molar-refractivity contribution < 1.29 is 33.4 Å². The normalized spacial score (nSPS) is 19.6. The number of nitrogens with zero attached hydrogens (tertiary/aromatic N) is 1. The molecule has 0 spiro atoms. The van der Waals surface area contributed by atoms with E-state index in [2.05, 4.69) is 18.6 Å². The van der Waals surface area contributed by atoms with Gasteiger partial charge in [-0.3, -0.25) is 19.2 Å². The molecule has 4 unspecified atom stereocenters. The van der Waals surface area contributed by atoms with Gasteiger partial charge in [-0.25, -0.2) is 0 Å². The molecule has 0 aromatic heterocycles. The average molecular weight is 594 g/mol. The molecule has 0 heterocycles. The van der Waals surface area contributed by atoms with Crippen LogP contribution in [0, 0.1) is 33.5 Å². The van der Waals surface area contributed by atoms with Gasteiger partial charge in [0.25, 0.3) is 0 Å². The first-order valence-electron chi connectivity index (χ1n) is 15.7. The minimum atomic E-state index is -0.999. The summed E-state index contributed by atoms with van der Waals surface area (Å²) in [5, 5.41) is 0. The number of Topliss-reactive ketones (excluding diaryl/α,β-unsaturated/α-hetero) is 1. The van der Waals surface area contributed by atoms with E-state index in [9.17, 15) is 19.2 Å². The van der Waals surface area contributed by atoms with E-state index in [-0.39, 0.29) is 36.0 Å². The molecule has 242 valence electrons. The Labute approximate surface area is 255 Å². The summed E-state index contributed by atoms with van der Waals surface area (Å²) in [5.74, 6) is -1.14. The summed E-state index contributed by atoms with van der Waals surface area (Å²) >= 11 is 0. The fourth-order valence-corrected chi connectivity index (χ4v) is 7.94. The summed E-state index contributed by atoms with van der Waals surface area (Å²) in [6.07, 6.45) is 10.0. The number of ketones is 1. The van der Waals surface area contributed by atoms with Crippen molar-refractivity contribution in [1.82, 2.24) is 0 Å². The highest BCUT2D eigenvalue weighted by Gasteiger charge is 2.52. The zero-order chi connectivity index (χ0) is 32.2. The molecule has 8 nitrogen and oxygen atoms in total. The second-order valence-corrected chi connectivity index (χ2v) is 14.3. The number of aliphatic imine (C=N–C) groups is 1. The summed E-state index contributed by atoms with van der Waals surface area (Å²) in [7, 11) is 4.12. The van der Waals surface area contributed by atoms with Crippen LogP contribution in [0.3, 0.4) is 0 Å². The molecule has 8 heteroatoms. The van der Waals surface area contributed by atoms with Gasteiger partial charge in [0.2, 0.25) is 0 Å². The number of ether oxygens (including phenoxy) is 3. The van der Waals surface area contributed by atoms with Crippen molar-refractivity contribution in [2.24, 2.45) is 38.5 Å². The van der Waals surface area contributed by atoms with Gasteiger partial charge in [-0.1, -0.05) is 46.5 Å². The fourth-order valence-electron chi connectivity index (χ4n) is 7.94. The highest BCUT2D eigenvalue weighted by atomic mass is 16.5. The zero-order valence-corrected chi connectivity index (χ0v) is 28.1. The number of methoxy groups -OCH3 is 3. The van der Waals surface area contributed by atoms with Crippen molar-refractivity contribution in [3.8, 4) is 0 Å². The quantitative estimate of drug-likeness (QED) is 0.0545. The number of rotatable bonds is 18. The van der Waals surface area contributed by atoms with Crippen LogP contribution in [0.15, 0.2) is 4.99 Å². The number of carbonyl (C=O) groups excluding carboxylic acids is 4. The van der Waals surface area contributed by atoms with Crippen LogP contribution in [-0.4, -0.2) is 58.3 Å². The molecular weight excluding hydrogens is 534 g/mol. The van der Waals surface area contributed by atoms with Crippen molar-refractivity contribution >= 4 is 30.4 Å². The van der Waals surface area contributed by atoms with Gasteiger partial charge in [0.1, 0.15) is 5.78 Å². The molecule has 0 amide bonds. The van der Waals surface area contributed by atoms with Gasteiger partial charge in [-0.15, -0.1) is 0 Å². The third-order valence-electron chi connectivity index (χ3n) is 9.68. The molecule has 0 saturated heterocycles. The van der Waals surface area contributed by atoms with Crippen molar-refractivity contribution in [1.29, 1.82) is 0 Å². The van der Waals surface area contributed by atoms with Gasteiger partial charge in [0.15, 0.2) is 0 Å². The molecule has 0 radical (unpaired) electrons. The van der Waals surface area contributed by atoms with Gasteiger partial charge in [-0.05, 0) is 90.2 Å². The van der Waals surface area contributed by atoms with Gasteiger partial charge in [-0.2, -0.15) is 0 Å². The first kappa shape index (κ1) is 37.8. The lowest BCUT2D eigenvalue weighted by Gasteiger charge is -2.49. The second kappa shape index (κ2) is 16.6. The molecule has 1 saturated carbocycles. The Morgan fingerprint density at radius 2 is 1.33 bits per heavy atom. The summed E-state index contributed by atoms with van der Waals surface area (Å²) < 4.78 is 15.5. The molecule has 0 aliphatic heterocycles. The lowest BCUT2D eigenvalue weighted by atomic mass is 9.55. The highest BCUT2D eigenvalue weighted by molar-refractivity contribution is 5.85. The van der Waals surface area contributed by atoms with Crippen LogP contribution in [-0.2, 0) is 33.4 Å². The molecule has 1 aliphatic rings. The van der Waals surface area contributed by atoms with E-state index >= 15 is 0 Å². The lowest BCUT2D eigenvalue weighted by molar-refractivity contribution is -0.163. The average Bonchev–Trinajstić information content (AvgIpc) is 3.23. The second-order valence-electron chi connectivity index (χ2n) is 14.3. The van der Waals surface area contributed by atoms with E-state index in [1.807, 2.05) is 20.8 Å². The number of hydrogen-bond acceptors (Lipinski definition) is 8. The van der Waals surface area contributed by atoms with Gasteiger partial charge in [0.05, 0.1) is 38.1 Å². The molecule has 0 bridgehead atoms. The predicted molar refractivity (Wildman–Crippen MR) is 166 cm³/mol. The van der Waals surface area contributed by atoms with Crippen LogP contribution >= 0.6 is 0 Å². The first-order valence-corrected chi connectivity index (χ1v) is 15.7. The number of esters is 3. The van der Waals surface area contributed by atoms with Gasteiger partial charge in [0, 0.05) is 18.4 Å². The molecule has 42 heavy (non-hydrogen) atoms. The number of carbonyl (C=O) groups is 4. The maximum Gasteiger partial charge on any atom is 0.311 e. The molecule has 0 aromatic carbocycles. The summed E-state index contributed by atoms with van der Waals surface area (Å²) in [4.78, 5) is 56.8. The Morgan fingerprint density at radius 1 is 0.786 bits per heavy atom. The monoisotopic (exact) mass is 593 g/mol. The maximum atomic E-state index is 14.1. The number of hydrogen-bond donors (Lipinski definition) is 0. The largest absolute Gasteiger partial charge is 0.469 e. The standard InChI is InChI=1S/C34H59NO7/c1-25(28(37)40-8)21-32(4,27(36)19-15-16-20-35-7)23-33(5,26-17-13-11-12-14-18-26)24-34(6,30(39)42-10)22-31(2,3)29(38)41-9/h25-26H,7,11-24H2,1-6,8-10H3. The van der Waals surface area contributed by atoms with Gasteiger partial charge >= 0.3 is 17.9 Å². The molecule has 0 aromatic rings. The van der Waals surface area contributed by atoms with Crippen LogP contribution in [0.5, 0.6) is 0 Å². The van der Waals surface area contributed by atoms with E-state index in [1.54, 1.807) is 13.8 Å². The van der Waals surface area contributed by atoms with Crippen molar-refractivity contribution in [3.05, 3.63) is 0 Å². The van der Waals surface area contributed by atoms with Crippen molar-refractivity contribution in [2.75, 3.05) is 27.9 Å². The van der Waals surface area contributed by atoms with Crippen molar-refractivity contribution in [2.45, 2.75) is 125 Å². The Morgan fingerprint density at radius 3 is 1.83 bits per heavy atom. The molecule has 1 aliphatic carbocycles. The van der Waals surface area contributed by atoms with Crippen LogP contribution in [0.4, 0.5) is 0 Å². The van der Waals surface area contributed by atoms with Crippen LogP contribution in [0.2, 0.25) is 0 Å². The summed E-state index contributed by atoms with van der Waals surface area (Å²) in [5.41, 5.74) is -3.17. The zero-order valence-electron chi connectivity index (χ0n) is 28.1. The molecular formula is C34H59NO7. The third-order valence-corrected chi connectivity index (χ3v) is 9.68. The van der Waals surface area contributed by atoms with E-state index in [0.717, 1.165) is 32.1 Å². The summed E-state index contributed by atoms with van der Waals surface area (Å²) in [6.45, 7) is 15.7. The minimum Gasteiger partial charge on any atom is -0.469 e. The molecule has 0 N–H and O–H groups in total. The van der Waals surface area contributed by atoms with Crippen LogP contribution in [0.1, 0.15) is 125 Å². The van der Waals surface area contributed by atoms with Crippen LogP contribution < -0.4 is 0 Å². The van der Waals surface area contributed by atoms with E-state index in [1.165, 1.54) is 34.2 Å². The first-order chi connectivity index (χ1) is 19.5. The molecule has 1 rings (SSSR count). The Hall–Kier alpha value is -2.25. The topological polar surface area (TPSA) is 108 Å². The predicted octanol–water partition coefficient (Wildman–Crippen LogP) is 7.16. The van der Waals surface area contributed by atoms with Crippen LogP contribution in [0.25, 0.3) is 0 Å². The highest BCUT2D eigenvalue weighted by Crippen LogP contribution is 2.55. The third kappa shape index (κ3) is 10.5. The van der Waals surface area contributed by atoms with E-state index < -0.39 is 27.6 Å².